The summed E-state index contributed by atoms with van der Waals surface area (Å²) in [6, 6.07) is 6.77. The van der Waals surface area contributed by atoms with E-state index in [1.165, 1.54) is 24.9 Å². The number of likely N-dealkylation sites (tertiary alicyclic amines) is 1. The van der Waals surface area contributed by atoms with Crippen molar-refractivity contribution in [2.75, 3.05) is 25.5 Å². The third kappa shape index (κ3) is 3.00. The van der Waals surface area contributed by atoms with Crippen molar-refractivity contribution in [3.63, 3.8) is 0 Å². The van der Waals surface area contributed by atoms with Gasteiger partial charge in [-0.2, -0.15) is 0 Å². The van der Waals surface area contributed by atoms with E-state index in [-0.39, 0.29) is 0 Å². The molecule has 1 aromatic carbocycles. The van der Waals surface area contributed by atoms with E-state index in [0.29, 0.717) is 11.0 Å². The van der Waals surface area contributed by atoms with Crippen LogP contribution < -0.4 is 11.1 Å². The molecule has 3 N–H and O–H groups in total. The number of nitrogens with two attached hydrogens (primary N) is 1. The molecule has 1 unspecified atom stereocenters. The zero-order valence-corrected chi connectivity index (χ0v) is 11.9. The molecule has 1 aliphatic heterocycles. The van der Waals surface area contributed by atoms with Gasteiger partial charge in [-0.25, -0.2) is 0 Å². The number of nitrogens with one attached hydrogen (secondary N) is 1. The molecular formula is C14H21N3S. The number of thiocarbonyl (C=S) groups is 1. The Balaban J connectivity index is 2.08. The van der Waals surface area contributed by atoms with E-state index in [4.69, 9.17) is 18.0 Å². The number of hydrogen-bond donors (Lipinski definition) is 2. The molecule has 0 aromatic heterocycles. The highest BCUT2D eigenvalue weighted by Crippen LogP contribution is 2.20. The molecule has 0 saturated carbocycles. The maximum absolute atomic E-state index is 5.76. The summed E-state index contributed by atoms with van der Waals surface area (Å²) in [5.74, 6) is 0. The lowest BCUT2D eigenvalue weighted by atomic mass is 10.1. The van der Waals surface area contributed by atoms with E-state index in [0.717, 1.165) is 17.8 Å². The van der Waals surface area contributed by atoms with Crippen molar-refractivity contribution in [3.05, 3.63) is 29.3 Å². The number of benzene rings is 1. The number of rotatable bonds is 4. The highest BCUT2D eigenvalue weighted by molar-refractivity contribution is 7.80. The van der Waals surface area contributed by atoms with Gasteiger partial charge in [0, 0.05) is 23.8 Å². The Kier molecular flexibility index (Phi) is 4.19. The lowest BCUT2D eigenvalue weighted by molar-refractivity contribution is 0.322. The van der Waals surface area contributed by atoms with Gasteiger partial charge in [0.15, 0.2) is 0 Å². The van der Waals surface area contributed by atoms with Gasteiger partial charge < -0.3 is 16.0 Å². The standard InChI is InChI=1S/C14H21N3S/c1-10-5-6-12(14(15)18)13(8-10)16-9-11-4-3-7-17(11)2/h5-6,8,11,16H,3-4,7,9H2,1-2H3,(H2,15,18). The zero-order chi connectivity index (χ0) is 13.1. The molecule has 1 aliphatic rings. The van der Waals surface area contributed by atoms with Gasteiger partial charge in [-0.3, -0.25) is 0 Å². The SMILES string of the molecule is Cc1ccc(C(N)=S)c(NCC2CCCN2C)c1. The van der Waals surface area contributed by atoms with E-state index in [9.17, 15) is 0 Å². The number of hydrogen-bond acceptors (Lipinski definition) is 3. The van der Waals surface area contributed by atoms with Gasteiger partial charge in [-0.1, -0.05) is 18.3 Å². The monoisotopic (exact) mass is 263 g/mol. The fraction of sp³-hybridized carbons (Fsp3) is 0.500. The smallest absolute Gasteiger partial charge is 0.106 e. The molecule has 2 rings (SSSR count). The summed E-state index contributed by atoms with van der Waals surface area (Å²) in [5.41, 5.74) is 8.98. The Morgan fingerprint density at radius 2 is 2.33 bits per heavy atom. The van der Waals surface area contributed by atoms with Gasteiger partial charge >= 0.3 is 0 Å². The molecular weight excluding hydrogens is 242 g/mol. The van der Waals surface area contributed by atoms with Crippen LogP contribution in [-0.4, -0.2) is 36.1 Å². The van der Waals surface area contributed by atoms with Crippen LogP contribution in [0.25, 0.3) is 0 Å². The minimum absolute atomic E-state index is 0.456. The minimum Gasteiger partial charge on any atom is -0.389 e. The van der Waals surface area contributed by atoms with Crippen molar-refractivity contribution >= 4 is 22.9 Å². The maximum atomic E-state index is 5.76. The topological polar surface area (TPSA) is 41.3 Å². The zero-order valence-electron chi connectivity index (χ0n) is 11.1. The van der Waals surface area contributed by atoms with Crippen molar-refractivity contribution < 1.29 is 0 Å². The first-order valence-electron chi connectivity index (χ1n) is 6.42. The van der Waals surface area contributed by atoms with E-state index in [2.05, 4.69) is 30.3 Å². The highest BCUT2D eigenvalue weighted by atomic mass is 32.1. The summed E-state index contributed by atoms with van der Waals surface area (Å²) < 4.78 is 0. The Bertz CT molecular complexity index is 445. The van der Waals surface area contributed by atoms with Crippen LogP contribution in [0.3, 0.4) is 0 Å². The normalized spacial score (nSPS) is 20.0. The molecule has 98 valence electrons. The maximum Gasteiger partial charge on any atom is 0.106 e. The number of anilines is 1. The Labute approximate surface area is 114 Å². The van der Waals surface area contributed by atoms with Gasteiger partial charge in [0.05, 0.1) is 0 Å². The van der Waals surface area contributed by atoms with Gasteiger partial charge in [-0.15, -0.1) is 0 Å². The molecule has 0 spiro atoms. The van der Waals surface area contributed by atoms with Crippen molar-refractivity contribution in [2.24, 2.45) is 5.73 Å². The largest absolute Gasteiger partial charge is 0.389 e. The van der Waals surface area contributed by atoms with Crippen LogP contribution in [0.5, 0.6) is 0 Å². The molecule has 3 nitrogen and oxygen atoms in total. The molecule has 0 bridgehead atoms. The fourth-order valence-corrected chi connectivity index (χ4v) is 2.66. The number of likely N-dealkylation sites (N-methyl/N-ethyl adjacent to an activating group) is 1. The molecule has 4 heteroatoms. The van der Waals surface area contributed by atoms with Crippen molar-refractivity contribution in [1.29, 1.82) is 0 Å². The number of nitrogens with zero attached hydrogens (tertiary/aromatic N) is 1. The van der Waals surface area contributed by atoms with E-state index >= 15 is 0 Å². The quantitative estimate of drug-likeness (QED) is 0.817. The molecule has 1 atom stereocenters. The van der Waals surface area contributed by atoms with E-state index in [1.807, 2.05) is 12.1 Å². The summed E-state index contributed by atoms with van der Waals surface area (Å²) in [6.07, 6.45) is 2.55. The molecule has 1 heterocycles. The second-order valence-corrected chi connectivity index (χ2v) is 5.51. The van der Waals surface area contributed by atoms with Crippen molar-refractivity contribution in [3.8, 4) is 0 Å². The third-order valence-electron chi connectivity index (χ3n) is 3.64. The Morgan fingerprint density at radius 3 is 2.94 bits per heavy atom. The molecule has 0 radical (unpaired) electrons. The van der Waals surface area contributed by atoms with Crippen LogP contribution in [0.1, 0.15) is 24.0 Å². The lowest BCUT2D eigenvalue weighted by Gasteiger charge is -2.21. The first-order valence-corrected chi connectivity index (χ1v) is 6.83. The molecule has 1 aromatic rings. The van der Waals surface area contributed by atoms with Crippen LogP contribution in [0.4, 0.5) is 5.69 Å². The lowest BCUT2D eigenvalue weighted by Crippen LogP contribution is -2.32. The van der Waals surface area contributed by atoms with Crippen LogP contribution in [-0.2, 0) is 0 Å². The van der Waals surface area contributed by atoms with Gasteiger partial charge in [-0.05, 0) is 51.1 Å². The molecule has 18 heavy (non-hydrogen) atoms. The predicted molar refractivity (Wildman–Crippen MR) is 81.2 cm³/mol. The molecule has 0 amide bonds. The summed E-state index contributed by atoms with van der Waals surface area (Å²) in [5, 5.41) is 3.50. The summed E-state index contributed by atoms with van der Waals surface area (Å²) >= 11 is 5.09. The van der Waals surface area contributed by atoms with Crippen molar-refractivity contribution in [1.82, 2.24) is 4.90 Å². The highest BCUT2D eigenvalue weighted by Gasteiger charge is 2.20. The Morgan fingerprint density at radius 1 is 1.56 bits per heavy atom. The second-order valence-electron chi connectivity index (χ2n) is 5.07. The molecule has 1 saturated heterocycles. The van der Waals surface area contributed by atoms with Gasteiger partial charge in [0.2, 0.25) is 0 Å². The Hall–Kier alpha value is -1.13. The molecule has 0 aliphatic carbocycles. The van der Waals surface area contributed by atoms with Crippen LogP contribution in [0, 0.1) is 6.92 Å². The van der Waals surface area contributed by atoms with Crippen LogP contribution in [0.15, 0.2) is 18.2 Å². The minimum atomic E-state index is 0.456. The van der Waals surface area contributed by atoms with Gasteiger partial charge in [0.25, 0.3) is 0 Å². The van der Waals surface area contributed by atoms with E-state index in [1.54, 1.807) is 0 Å². The van der Waals surface area contributed by atoms with Crippen LogP contribution >= 0.6 is 12.2 Å². The summed E-state index contributed by atoms with van der Waals surface area (Å²) in [7, 11) is 2.18. The first-order chi connectivity index (χ1) is 8.58. The average Bonchev–Trinajstić information content (AvgIpc) is 2.72. The predicted octanol–water partition coefficient (Wildman–Crippen LogP) is 2.14. The molecule has 1 fully saturated rings. The summed E-state index contributed by atoms with van der Waals surface area (Å²) in [6.45, 7) is 4.23. The van der Waals surface area contributed by atoms with Gasteiger partial charge in [0.1, 0.15) is 4.99 Å². The van der Waals surface area contributed by atoms with Crippen molar-refractivity contribution in [2.45, 2.75) is 25.8 Å². The van der Waals surface area contributed by atoms with E-state index < -0.39 is 0 Å². The van der Waals surface area contributed by atoms with Crippen LogP contribution in [0.2, 0.25) is 0 Å². The summed E-state index contributed by atoms with van der Waals surface area (Å²) in [4.78, 5) is 2.86. The third-order valence-corrected chi connectivity index (χ3v) is 3.86. The second kappa shape index (κ2) is 5.67. The fourth-order valence-electron chi connectivity index (χ4n) is 2.48. The average molecular weight is 263 g/mol. The first kappa shape index (κ1) is 13.3. The number of aryl methyl sites for hydroxylation is 1.